The van der Waals surface area contributed by atoms with E-state index in [1.165, 1.54) is 6.20 Å². The van der Waals surface area contributed by atoms with Gasteiger partial charge in [-0.2, -0.15) is 5.10 Å². The van der Waals surface area contributed by atoms with E-state index in [1.54, 1.807) is 35.9 Å². The maximum absolute atomic E-state index is 12.6. The van der Waals surface area contributed by atoms with Crippen LogP contribution in [0.4, 0.5) is 10.6 Å². The maximum atomic E-state index is 12.6. The predicted octanol–water partition coefficient (Wildman–Crippen LogP) is 2.90. The van der Waals surface area contributed by atoms with Gasteiger partial charge in [0.25, 0.3) is 5.91 Å². The Hall–Kier alpha value is -2.58. The molecule has 2 heterocycles. The van der Waals surface area contributed by atoms with Crippen molar-refractivity contribution in [3.63, 3.8) is 0 Å². The van der Waals surface area contributed by atoms with Gasteiger partial charge in [-0.15, -0.1) is 0 Å². The summed E-state index contributed by atoms with van der Waals surface area (Å²) in [6.07, 6.45) is 3.33. The second-order valence-electron chi connectivity index (χ2n) is 7.46. The number of urea groups is 1. The Morgan fingerprint density at radius 2 is 2.07 bits per heavy atom. The minimum atomic E-state index is -0.912. The minimum Gasteiger partial charge on any atom is -0.323 e. The van der Waals surface area contributed by atoms with Crippen molar-refractivity contribution in [2.75, 3.05) is 11.9 Å². The molecule has 1 saturated heterocycles. The number of carbonyl (C=O) groups is 3. The molecule has 29 heavy (non-hydrogen) atoms. The first-order chi connectivity index (χ1) is 13.8. The Morgan fingerprint density at radius 3 is 2.76 bits per heavy atom. The molecule has 2 fully saturated rings. The third-order valence-electron chi connectivity index (χ3n) is 5.32. The van der Waals surface area contributed by atoms with Crippen LogP contribution >= 0.6 is 23.2 Å². The van der Waals surface area contributed by atoms with E-state index in [9.17, 15) is 14.4 Å². The molecule has 4 rings (SSSR count). The average molecular weight is 436 g/mol. The molecule has 1 atom stereocenters. The molecule has 2 N–H and O–H groups in total. The first-order valence-electron chi connectivity index (χ1n) is 9.17. The van der Waals surface area contributed by atoms with E-state index in [2.05, 4.69) is 15.7 Å². The van der Waals surface area contributed by atoms with E-state index in [4.69, 9.17) is 23.2 Å². The predicted molar refractivity (Wildman–Crippen MR) is 108 cm³/mol. The summed E-state index contributed by atoms with van der Waals surface area (Å²) in [5.74, 6) is -0.283. The van der Waals surface area contributed by atoms with Gasteiger partial charge < -0.3 is 10.6 Å². The molecule has 0 bridgehead atoms. The summed E-state index contributed by atoms with van der Waals surface area (Å²) < 4.78 is 1.56. The number of amides is 4. The number of aromatic nitrogens is 2. The maximum Gasteiger partial charge on any atom is 0.325 e. The number of benzene rings is 1. The molecular formula is C19H19Cl2N5O3. The van der Waals surface area contributed by atoms with Crippen LogP contribution in [0.15, 0.2) is 30.5 Å². The van der Waals surface area contributed by atoms with Crippen LogP contribution in [0.2, 0.25) is 10.0 Å². The van der Waals surface area contributed by atoms with Crippen LogP contribution in [-0.2, 0) is 16.1 Å². The molecule has 152 valence electrons. The molecule has 10 heteroatoms. The Labute approximate surface area is 177 Å². The second-order valence-corrected chi connectivity index (χ2v) is 8.30. The highest BCUT2D eigenvalue weighted by Crippen LogP contribution is 2.42. The highest BCUT2D eigenvalue weighted by molar-refractivity contribution is 6.35. The zero-order chi connectivity index (χ0) is 20.8. The molecule has 2 aromatic rings. The molecule has 1 aromatic carbocycles. The second kappa shape index (κ2) is 7.35. The molecule has 1 aliphatic carbocycles. The van der Waals surface area contributed by atoms with Crippen LogP contribution in [-0.4, -0.2) is 44.6 Å². The largest absolute Gasteiger partial charge is 0.325 e. The van der Waals surface area contributed by atoms with E-state index in [0.29, 0.717) is 22.4 Å². The number of imide groups is 1. The number of hydrogen-bond acceptors (Lipinski definition) is 4. The van der Waals surface area contributed by atoms with Gasteiger partial charge in [0.1, 0.15) is 17.9 Å². The van der Waals surface area contributed by atoms with E-state index >= 15 is 0 Å². The van der Waals surface area contributed by atoms with Crippen molar-refractivity contribution in [3.8, 4) is 0 Å². The molecule has 2 aliphatic rings. The molecule has 0 radical (unpaired) electrons. The lowest BCUT2D eigenvalue weighted by Gasteiger charge is -2.20. The van der Waals surface area contributed by atoms with E-state index in [-0.39, 0.29) is 18.4 Å². The SMILES string of the molecule is CC1(C2CC2)NC(=O)N(CC(=O)Nc2ccnn2Cc2ccc(Cl)cc2Cl)C1=O. The van der Waals surface area contributed by atoms with Gasteiger partial charge in [-0.05, 0) is 43.4 Å². The van der Waals surface area contributed by atoms with Crippen LogP contribution in [0.3, 0.4) is 0 Å². The summed E-state index contributed by atoms with van der Waals surface area (Å²) in [4.78, 5) is 38.3. The fourth-order valence-electron chi connectivity index (χ4n) is 3.50. The van der Waals surface area contributed by atoms with Crippen LogP contribution in [0.5, 0.6) is 0 Å². The summed E-state index contributed by atoms with van der Waals surface area (Å²) in [7, 11) is 0. The quantitative estimate of drug-likeness (QED) is 0.681. The lowest BCUT2D eigenvalue weighted by molar-refractivity contribution is -0.134. The summed E-state index contributed by atoms with van der Waals surface area (Å²) >= 11 is 12.1. The number of carbonyl (C=O) groups excluding carboxylic acids is 3. The summed E-state index contributed by atoms with van der Waals surface area (Å²) in [6, 6.07) is 6.22. The lowest BCUT2D eigenvalue weighted by Crippen LogP contribution is -2.46. The Bertz CT molecular complexity index is 1000. The summed E-state index contributed by atoms with van der Waals surface area (Å²) in [5.41, 5.74) is -0.130. The highest BCUT2D eigenvalue weighted by atomic mass is 35.5. The molecular weight excluding hydrogens is 417 g/mol. The van der Waals surface area contributed by atoms with Gasteiger partial charge in [0.15, 0.2) is 0 Å². The van der Waals surface area contributed by atoms with Crippen molar-refractivity contribution in [3.05, 3.63) is 46.1 Å². The first kappa shape index (κ1) is 19.7. The molecule has 1 saturated carbocycles. The molecule has 1 unspecified atom stereocenters. The van der Waals surface area contributed by atoms with Crippen molar-refractivity contribution >= 4 is 46.9 Å². The highest BCUT2D eigenvalue weighted by Gasteiger charge is 2.56. The topological polar surface area (TPSA) is 96.3 Å². The van der Waals surface area contributed by atoms with Crippen molar-refractivity contribution in [2.24, 2.45) is 5.92 Å². The summed E-state index contributed by atoms with van der Waals surface area (Å²) in [6.45, 7) is 1.68. The van der Waals surface area contributed by atoms with Gasteiger partial charge in [-0.25, -0.2) is 9.48 Å². The van der Waals surface area contributed by atoms with Gasteiger partial charge in [0, 0.05) is 16.1 Å². The Balaban J connectivity index is 1.43. The van der Waals surface area contributed by atoms with Crippen molar-refractivity contribution < 1.29 is 14.4 Å². The third-order valence-corrected chi connectivity index (χ3v) is 5.90. The smallest absolute Gasteiger partial charge is 0.323 e. The van der Waals surface area contributed by atoms with Crippen molar-refractivity contribution in [2.45, 2.75) is 31.8 Å². The molecule has 1 aromatic heterocycles. The summed E-state index contributed by atoms with van der Waals surface area (Å²) in [5, 5.41) is 10.6. The number of anilines is 1. The van der Waals surface area contributed by atoms with Crippen LogP contribution in [0, 0.1) is 5.92 Å². The number of hydrogen-bond donors (Lipinski definition) is 2. The fourth-order valence-corrected chi connectivity index (χ4v) is 3.97. The van der Waals surface area contributed by atoms with Gasteiger partial charge in [-0.3, -0.25) is 14.5 Å². The van der Waals surface area contributed by atoms with E-state index in [0.717, 1.165) is 23.3 Å². The van der Waals surface area contributed by atoms with Crippen LogP contribution in [0.25, 0.3) is 0 Å². The van der Waals surface area contributed by atoms with Crippen LogP contribution in [0.1, 0.15) is 25.3 Å². The minimum absolute atomic E-state index is 0.137. The number of nitrogens with zero attached hydrogens (tertiary/aromatic N) is 3. The number of halogens is 2. The number of rotatable bonds is 6. The van der Waals surface area contributed by atoms with Gasteiger partial charge in [-0.1, -0.05) is 29.3 Å². The Kier molecular flexibility index (Phi) is 5.00. The zero-order valence-electron chi connectivity index (χ0n) is 15.6. The van der Waals surface area contributed by atoms with Crippen molar-refractivity contribution in [1.82, 2.24) is 20.0 Å². The number of nitrogens with one attached hydrogen (secondary N) is 2. The standard InChI is InChI=1S/C19H19Cl2N5O3/c1-19(12-3-4-12)17(28)25(18(29)24-19)10-16(27)23-15-6-7-22-26(15)9-11-2-5-13(20)8-14(11)21/h2,5-8,12H,3-4,9-10H2,1H3,(H,23,27)(H,24,29). The molecule has 4 amide bonds. The van der Waals surface area contributed by atoms with Crippen molar-refractivity contribution in [1.29, 1.82) is 0 Å². The van der Waals surface area contributed by atoms with E-state index in [1.807, 2.05) is 0 Å². The van der Waals surface area contributed by atoms with Gasteiger partial charge in [0.2, 0.25) is 5.91 Å². The lowest BCUT2D eigenvalue weighted by atomic mass is 9.96. The fraction of sp³-hybridized carbons (Fsp3) is 0.368. The molecule has 1 aliphatic heterocycles. The van der Waals surface area contributed by atoms with E-state index < -0.39 is 17.5 Å². The van der Waals surface area contributed by atoms with Gasteiger partial charge >= 0.3 is 6.03 Å². The normalized spacial score (nSPS) is 21.4. The molecule has 8 nitrogen and oxygen atoms in total. The third kappa shape index (κ3) is 3.82. The Morgan fingerprint density at radius 1 is 1.31 bits per heavy atom. The average Bonchev–Trinajstić information content (AvgIpc) is 3.40. The first-order valence-corrected chi connectivity index (χ1v) is 9.93. The van der Waals surface area contributed by atoms with Crippen LogP contribution < -0.4 is 10.6 Å². The van der Waals surface area contributed by atoms with Gasteiger partial charge in [0.05, 0.1) is 12.7 Å². The molecule has 0 spiro atoms. The monoisotopic (exact) mass is 435 g/mol. The zero-order valence-corrected chi connectivity index (χ0v) is 17.1.